The van der Waals surface area contributed by atoms with Crippen molar-refractivity contribution in [3.63, 3.8) is 0 Å². The predicted octanol–water partition coefficient (Wildman–Crippen LogP) is 2.36. The Morgan fingerprint density at radius 2 is 2.30 bits per heavy atom. The van der Waals surface area contributed by atoms with E-state index in [4.69, 9.17) is 10.3 Å². The molecule has 1 aromatic carbocycles. The second-order valence-corrected chi connectivity index (χ2v) is 6.46. The third kappa shape index (κ3) is 3.52. The Morgan fingerprint density at radius 1 is 1.48 bits per heavy atom. The van der Waals surface area contributed by atoms with E-state index in [1.165, 1.54) is 0 Å². The number of rotatable bonds is 5. The summed E-state index contributed by atoms with van der Waals surface area (Å²) in [5.74, 6) is 1.73. The maximum absolute atomic E-state index is 11.3. The maximum atomic E-state index is 11.3. The number of anilines is 1. The minimum absolute atomic E-state index is 0.242. The molecule has 1 aliphatic heterocycles. The van der Waals surface area contributed by atoms with Crippen molar-refractivity contribution < 1.29 is 9.32 Å². The fourth-order valence-electron chi connectivity index (χ4n) is 2.96. The second-order valence-electron chi connectivity index (χ2n) is 6.46. The number of amides is 1. The molecule has 2 N–H and O–H groups in total. The van der Waals surface area contributed by atoms with E-state index in [2.05, 4.69) is 15.0 Å². The third-order valence-corrected chi connectivity index (χ3v) is 4.23. The van der Waals surface area contributed by atoms with Crippen LogP contribution in [0.25, 0.3) is 0 Å². The average molecular weight is 314 g/mol. The molecular weight excluding hydrogens is 292 g/mol. The molecule has 2 heterocycles. The molecule has 1 fully saturated rings. The van der Waals surface area contributed by atoms with Crippen molar-refractivity contribution in [2.75, 3.05) is 18.0 Å². The molecule has 1 aliphatic rings. The SMILES string of the molecule is CC(C)c1nc(N2CCC(Cc3cccc(C(N)=O)c3)C2)no1. The van der Waals surface area contributed by atoms with E-state index in [0.29, 0.717) is 23.3 Å². The molecular formula is C17H22N4O2. The molecule has 2 aromatic rings. The van der Waals surface area contributed by atoms with Gasteiger partial charge in [-0.1, -0.05) is 26.0 Å². The van der Waals surface area contributed by atoms with E-state index < -0.39 is 0 Å². The van der Waals surface area contributed by atoms with E-state index in [-0.39, 0.29) is 11.8 Å². The van der Waals surface area contributed by atoms with Gasteiger partial charge in [0.1, 0.15) is 0 Å². The molecule has 1 unspecified atom stereocenters. The Kier molecular flexibility index (Phi) is 4.32. The highest BCUT2D eigenvalue weighted by molar-refractivity contribution is 5.92. The lowest BCUT2D eigenvalue weighted by atomic mass is 9.97. The molecule has 6 nitrogen and oxygen atoms in total. The molecule has 1 aromatic heterocycles. The zero-order chi connectivity index (χ0) is 16.4. The summed E-state index contributed by atoms with van der Waals surface area (Å²) in [7, 11) is 0. The fourth-order valence-corrected chi connectivity index (χ4v) is 2.96. The van der Waals surface area contributed by atoms with E-state index in [1.54, 1.807) is 6.07 Å². The van der Waals surface area contributed by atoms with Crippen molar-refractivity contribution >= 4 is 11.9 Å². The number of carbonyl (C=O) groups is 1. The highest BCUT2D eigenvalue weighted by Crippen LogP contribution is 2.25. The second kappa shape index (κ2) is 6.40. The summed E-state index contributed by atoms with van der Waals surface area (Å²) < 4.78 is 5.28. The highest BCUT2D eigenvalue weighted by atomic mass is 16.5. The van der Waals surface area contributed by atoms with Gasteiger partial charge in [-0.25, -0.2) is 0 Å². The molecule has 0 bridgehead atoms. The normalized spacial score (nSPS) is 17.9. The van der Waals surface area contributed by atoms with Crippen LogP contribution in [-0.4, -0.2) is 29.1 Å². The number of nitrogens with zero attached hydrogens (tertiary/aromatic N) is 3. The van der Waals surface area contributed by atoms with Gasteiger partial charge < -0.3 is 15.2 Å². The lowest BCUT2D eigenvalue weighted by Crippen LogP contribution is -2.21. The van der Waals surface area contributed by atoms with E-state index in [9.17, 15) is 4.79 Å². The smallest absolute Gasteiger partial charge is 0.266 e. The summed E-state index contributed by atoms with van der Waals surface area (Å²) in [6, 6.07) is 7.56. The van der Waals surface area contributed by atoms with Crippen LogP contribution in [-0.2, 0) is 6.42 Å². The van der Waals surface area contributed by atoms with Crippen LogP contribution < -0.4 is 10.6 Å². The maximum Gasteiger partial charge on any atom is 0.266 e. The predicted molar refractivity (Wildman–Crippen MR) is 87.4 cm³/mol. The van der Waals surface area contributed by atoms with Gasteiger partial charge in [-0.15, -0.1) is 0 Å². The van der Waals surface area contributed by atoms with Crippen molar-refractivity contribution in [2.45, 2.75) is 32.6 Å². The Morgan fingerprint density at radius 3 is 3.00 bits per heavy atom. The van der Waals surface area contributed by atoms with Crippen molar-refractivity contribution in [3.8, 4) is 0 Å². The number of hydrogen-bond donors (Lipinski definition) is 1. The average Bonchev–Trinajstić information content (AvgIpc) is 3.16. The Balaban J connectivity index is 1.63. The van der Waals surface area contributed by atoms with Crippen molar-refractivity contribution in [2.24, 2.45) is 11.7 Å². The molecule has 0 radical (unpaired) electrons. The summed E-state index contributed by atoms with van der Waals surface area (Å²) in [4.78, 5) is 17.9. The molecule has 1 saturated heterocycles. The van der Waals surface area contributed by atoms with Crippen LogP contribution in [0.1, 0.15) is 48.0 Å². The number of primary amides is 1. The van der Waals surface area contributed by atoms with Gasteiger partial charge in [-0.05, 0) is 41.6 Å². The summed E-state index contributed by atoms with van der Waals surface area (Å²) in [5, 5.41) is 4.08. The van der Waals surface area contributed by atoms with Crippen LogP contribution in [0.5, 0.6) is 0 Å². The Labute approximate surface area is 135 Å². The van der Waals surface area contributed by atoms with E-state index >= 15 is 0 Å². The summed E-state index contributed by atoms with van der Waals surface area (Å²) in [6.07, 6.45) is 2.00. The van der Waals surface area contributed by atoms with Crippen LogP contribution in [0.15, 0.2) is 28.8 Å². The van der Waals surface area contributed by atoms with Crippen LogP contribution in [0.2, 0.25) is 0 Å². The lowest BCUT2D eigenvalue weighted by molar-refractivity contribution is 0.1000. The number of benzene rings is 1. The number of nitrogens with two attached hydrogens (primary N) is 1. The summed E-state index contributed by atoms with van der Waals surface area (Å²) in [5.41, 5.74) is 7.05. The first-order valence-corrected chi connectivity index (χ1v) is 8.00. The quantitative estimate of drug-likeness (QED) is 0.915. The zero-order valence-corrected chi connectivity index (χ0v) is 13.5. The van der Waals surface area contributed by atoms with Gasteiger partial charge in [0, 0.05) is 24.6 Å². The van der Waals surface area contributed by atoms with E-state index in [0.717, 1.165) is 31.5 Å². The molecule has 0 aliphatic carbocycles. The number of hydrogen-bond acceptors (Lipinski definition) is 5. The molecule has 0 saturated carbocycles. The number of aromatic nitrogens is 2. The Bertz CT molecular complexity index is 695. The fraction of sp³-hybridized carbons (Fsp3) is 0.471. The van der Waals surface area contributed by atoms with Gasteiger partial charge in [-0.2, -0.15) is 4.98 Å². The zero-order valence-electron chi connectivity index (χ0n) is 13.5. The molecule has 23 heavy (non-hydrogen) atoms. The molecule has 6 heteroatoms. The van der Waals surface area contributed by atoms with Crippen molar-refractivity contribution in [3.05, 3.63) is 41.3 Å². The molecule has 1 atom stereocenters. The molecule has 0 spiro atoms. The van der Waals surface area contributed by atoms with Gasteiger partial charge in [0.25, 0.3) is 5.95 Å². The first kappa shape index (κ1) is 15.5. The minimum atomic E-state index is -0.382. The van der Waals surface area contributed by atoms with Crippen LogP contribution in [0.3, 0.4) is 0 Å². The lowest BCUT2D eigenvalue weighted by Gasteiger charge is -2.13. The van der Waals surface area contributed by atoms with Crippen LogP contribution in [0, 0.1) is 5.92 Å². The van der Waals surface area contributed by atoms with Gasteiger partial charge in [0.2, 0.25) is 11.8 Å². The molecule has 3 rings (SSSR count). The van der Waals surface area contributed by atoms with Gasteiger partial charge >= 0.3 is 0 Å². The number of carbonyl (C=O) groups excluding carboxylic acids is 1. The first-order valence-electron chi connectivity index (χ1n) is 8.00. The van der Waals surface area contributed by atoms with E-state index in [1.807, 2.05) is 32.0 Å². The largest absolute Gasteiger partial charge is 0.366 e. The van der Waals surface area contributed by atoms with Crippen molar-refractivity contribution in [1.82, 2.24) is 10.1 Å². The first-order chi connectivity index (χ1) is 11.0. The topological polar surface area (TPSA) is 85.3 Å². The minimum Gasteiger partial charge on any atom is -0.366 e. The standard InChI is InChI=1S/C17H22N4O2/c1-11(2)16-19-17(20-23-16)21-7-6-13(10-21)8-12-4-3-5-14(9-12)15(18)22/h3-5,9,11,13H,6-8,10H2,1-2H3,(H2,18,22). The van der Waals surface area contributed by atoms with Crippen LogP contribution in [0.4, 0.5) is 5.95 Å². The van der Waals surface area contributed by atoms with Gasteiger partial charge in [0.05, 0.1) is 0 Å². The Hall–Kier alpha value is -2.37. The molecule has 122 valence electrons. The highest BCUT2D eigenvalue weighted by Gasteiger charge is 2.26. The third-order valence-electron chi connectivity index (χ3n) is 4.23. The summed E-state index contributed by atoms with van der Waals surface area (Å²) >= 11 is 0. The van der Waals surface area contributed by atoms with Crippen LogP contribution >= 0.6 is 0 Å². The van der Waals surface area contributed by atoms with Gasteiger partial charge in [0.15, 0.2) is 0 Å². The molecule has 1 amide bonds. The van der Waals surface area contributed by atoms with Gasteiger partial charge in [-0.3, -0.25) is 4.79 Å². The van der Waals surface area contributed by atoms with Crippen molar-refractivity contribution in [1.29, 1.82) is 0 Å². The summed E-state index contributed by atoms with van der Waals surface area (Å²) in [6.45, 7) is 5.90. The monoisotopic (exact) mass is 314 g/mol.